The van der Waals surface area contributed by atoms with Gasteiger partial charge < -0.3 is 14.9 Å². The Labute approximate surface area is 75.3 Å². The molecule has 0 spiro atoms. The average molecular weight is 192 g/mol. The maximum Gasteiger partial charge on any atom is 0.341 e. The van der Waals surface area contributed by atoms with Crippen molar-refractivity contribution in [3.05, 3.63) is 0 Å². The molecule has 0 radical (unpaired) electrons. The van der Waals surface area contributed by atoms with Gasteiger partial charge in [0.25, 0.3) is 0 Å². The van der Waals surface area contributed by atoms with E-state index in [0.717, 1.165) is 0 Å². The third-order valence-electron chi connectivity index (χ3n) is 2.73. The molecule has 1 rings (SSSR count). The number of hydrogen-bond acceptors (Lipinski definition) is 3. The summed E-state index contributed by atoms with van der Waals surface area (Å²) >= 11 is 0. The number of ether oxygens (including phenoxy) is 1. The van der Waals surface area contributed by atoms with Crippen molar-refractivity contribution in [1.29, 1.82) is 0 Å². The van der Waals surface area contributed by atoms with E-state index in [1.54, 1.807) is 13.8 Å². The third-order valence-corrected chi connectivity index (χ3v) is 2.73. The average Bonchev–Trinajstić information content (AvgIpc) is 2.33. The molecule has 1 aliphatic rings. The lowest BCUT2D eigenvalue weighted by atomic mass is 9.84. The normalized spacial score (nSPS) is 41.8. The number of carboxylic acids is 1. The van der Waals surface area contributed by atoms with Crippen molar-refractivity contribution in [3.8, 4) is 0 Å². The van der Waals surface area contributed by atoms with Crippen LogP contribution in [0.15, 0.2) is 0 Å². The van der Waals surface area contributed by atoms with Crippen LogP contribution in [-0.4, -0.2) is 40.7 Å². The van der Waals surface area contributed by atoms with Crippen molar-refractivity contribution < 1.29 is 24.1 Å². The van der Waals surface area contributed by atoms with Crippen LogP contribution in [0.4, 0.5) is 4.39 Å². The number of aliphatic hydroxyl groups is 1. The topological polar surface area (TPSA) is 66.8 Å². The van der Waals surface area contributed by atoms with Crippen molar-refractivity contribution in [3.63, 3.8) is 0 Å². The van der Waals surface area contributed by atoms with Crippen LogP contribution in [0.3, 0.4) is 0 Å². The Bertz CT molecular complexity index is 220. The van der Waals surface area contributed by atoms with Crippen LogP contribution in [-0.2, 0) is 9.53 Å². The van der Waals surface area contributed by atoms with Crippen LogP contribution in [0.1, 0.15) is 13.8 Å². The molecule has 1 fully saturated rings. The fraction of sp³-hybridized carbons (Fsp3) is 0.875. The Morgan fingerprint density at radius 1 is 1.69 bits per heavy atom. The first-order chi connectivity index (χ1) is 5.89. The van der Waals surface area contributed by atoms with Gasteiger partial charge in [0.1, 0.15) is 5.60 Å². The Morgan fingerprint density at radius 2 is 2.23 bits per heavy atom. The van der Waals surface area contributed by atoms with E-state index < -0.39 is 23.7 Å². The second-order valence-corrected chi connectivity index (χ2v) is 3.50. The standard InChI is InChI=1S/C8H13FO4/c1-4-5(2)13-3-8(4,12)6(9)7(10)11/h4-6,12H,3H2,1-2H3,(H,10,11). The Morgan fingerprint density at radius 3 is 2.54 bits per heavy atom. The monoisotopic (exact) mass is 192 g/mol. The lowest BCUT2D eigenvalue weighted by Gasteiger charge is -2.27. The third kappa shape index (κ3) is 1.53. The van der Waals surface area contributed by atoms with Gasteiger partial charge in [-0.3, -0.25) is 0 Å². The van der Waals surface area contributed by atoms with Crippen LogP contribution in [0.2, 0.25) is 0 Å². The highest BCUT2D eigenvalue weighted by Crippen LogP contribution is 2.34. The minimum atomic E-state index is -2.28. The van der Waals surface area contributed by atoms with Gasteiger partial charge in [0, 0.05) is 5.92 Å². The summed E-state index contributed by atoms with van der Waals surface area (Å²) in [6.45, 7) is 2.99. The highest BCUT2D eigenvalue weighted by Gasteiger charge is 2.53. The zero-order valence-electron chi connectivity index (χ0n) is 7.53. The predicted molar refractivity (Wildman–Crippen MR) is 42.1 cm³/mol. The number of aliphatic carboxylic acids is 1. The highest BCUT2D eigenvalue weighted by atomic mass is 19.1. The lowest BCUT2D eigenvalue weighted by molar-refractivity contribution is -0.157. The van der Waals surface area contributed by atoms with Gasteiger partial charge in [-0.15, -0.1) is 0 Å². The molecule has 0 aromatic carbocycles. The molecular formula is C8H13FO4. The molecule has 5 heteroatoms. The minimum absolute atomic E-state index is 0.261. The minimum Gasteiger partial charge on any atom is -0.479 e. The van der Waals surface area contributed by atoms with Crippen molar-refractivity contribution >= 4 is 5.97 Å². The van der Waals surface area contributed by atoms with E-state index in [1.807, 2.05) is 0 Å². The highest BCUT2D eigenvalue weighted by molar-refractivity contribution is 5.74. The molecule has 0 saturated carbocycles. The van der Waals surface area contributed by atoms with Crippen molar-refractivity contribution in [2.75, 3.05) is 6.61 Å². The molecule has 0 aromatic rings. The fourth-order valence-corrected chi connectivity index (χ4v) is 1.46. The van der Waals surface area contributed by atoms with Crippen LogP contribution >= 0.6 is 0 Å². The molecule has 2 N–H and O–H groups in total. The quantitative estimate of drug-likeness (QED) is 0.655. The summed E-state index contributed by atoms with van der Waals surface area (Å²) in [5.41, 5.74) is -1.88. The van der Waals surface area contributed by atoms with E-state index in [-0.39, 0.29) is 12.7 Å². The van der Waals surface area contributed by atoms with E-state index >= 15 is 0 Å². The SMILES string of the molecule is CC1OCC(O)(C(F)C(=O)O)C1C. The summed E-state index contributed by atoms with van der Waals surface area (Å²) < 4.78 is 18.1. The Kier molecular flexibility index (Phi) is 2.58. The zero-order valence-corrected chi connectivity index (χ0v) is 7.53. The van der Waals surface area contributed by atoms with Gasteiger partial charge in [-0.25, -0.2) is 9.18 Å². The van der Waals surface area contributed by atoms with E-state index in [0.29, 0.717) is 0 Å². The molecule has 0 bridgehead atoms. The maximum atomic E-state index is 13.1. The van der Waals surface area contributed by atoms with E-state index in [2.05, 4.69) is 0 Å². The molecule has 1 heterocycles. The number of carbonyl (C=O) groups is 1. The van der Waals surface area contributed by atoms with Crippen molar-refractivity contribution in [2.24, 2.45) is 5.92 Å². The second-order valence-electron chi connectivity index (χ2n) is 3.50. The number of carboxylic acid groups (broad SMARTS) is 1. The Balaban J connectivity index is 2.82. The molecule has 0 aromatic heterocycles. The number of rotatable bonds is 2. The molecule has 0 amide bonds. The largest absolute Gasteiger partial charge is 0.479 e. The van der Waals surface area contributed by atoms with E-state index in [9.17, 15) is 14.3 Å². The van der Waals surface area contributed by atoms with Gasteiger partial charge in [-0.2, -0.15) is 0 Å². The van der Waals surface area contributed by atoms with Crippen molar-refractivity contribution in [1.82, 2.24) is 0 Å². The summed E-state index contributed by atoms with van der Waals surface area (Å²) in [7, 11) is 0. The van der Waals surface area contributed by atoms with Gasteiger partial charge >= 0.3 is 5.97 Å². The number of alkyl halides is 1. The van der Waals surface area contributed by atoms with Gasteiger partial charge in [0.15, 0.2) is 0 Å². The van der Waals surface area contributed by atoms with E-state index in [1.165, 1.54) is 0 Å². The van der Waals surface area contributed by atoms with Crippen LogP contribution in [0, 0.1) is 5.92 Å². The number of halogens is 1. The number of hydrogen-bond donors (Lipinski definition) is 2. The smallest absolute Gasteiger partial charge is 0.341 e. The molecule has 4 atom stereocenters. The summed E-state index contributed by atoms with van der Waals surface area (Å²) in [4.78, 5) is 10.4. The second kappa shape index (κ2) is 3.23. The van der Waals surface area contributed by atoms with Gasteiger partial charge in [0.05, 0.1) is 12.7 Å². The lowest BCUT2D eigenvalue weighted by Crippen LogP contribution is -2.50. The Hall–Kier alpha value is -0.680. The summed E-state index contributed by atoms with van der Waals surface area (Å²) in [5, 5.41) is 18.1. The molecule has 0 aliphatic carbocycles. The molecular weight excluding hydrogens is 179 g/mol. The first kappa shape index (κ1) is 10.4. The van der Waals surface area contributed by atoms with Crippen LogP contribution < -0.4 is 0 Å². The maximum absolute atomic E-state index is 13.1. The van der Waals surface area contributed by atoms with Crippen LogP contribution in [0.5, 0.6) is 0 Å². The molecule has 4 unspecified atom stereocenters. The van der Waals surface area contributed by atoms with Gasteiger partial charge in [-0.1, -0.05) is 6.92 Å². The summed E-state index contributed by atoms with van der Waals surface area (Å²) in [6.07, 6.45) is -2.60. The molecule has 1 saturated heterocycles. The van der Waals surface area contributed by atoms with Crippen LogP contribution in [0.25, 0.3) is 0 Å². The van der Waals surface area contributed by atoms with E-state index in [4.69, 9.17) is 9.84 Å². The van der Waals surface area contributed by atoms with Gasteiger partial charge in [-0.05, 0) is 6.92 Å². The molecule has 4 nitrogen and oxygen atoms in total. The predicted octanol–water partition coefficient (Wildman–Crippen LogP) is 0.195. The summed E-state index contributed by atoms with van der Waals surface area (Å²) in [6, 6.07) is 0. The fourth-order valence-electron chi connectivity index (χ4n) is 1.46. The van der Waals surface area contributed by atoms with Crippen molar-refractivity contribution in [2.45, 2.75) is 31.7 Å². The molecule has 13 heavy (non-hydrogen) atoms. The molecule has 1 aliphatic heterocycles. The first-order valence-electron chi connectivity index (χ1n) is 4.10. The summed E-state index contributed by atoms with van der Waals surface area (Å²) in [5.74, 6) is -2.16. The first-order valence-corrected chi connectivity index (χ1v) is 4.10. The molecule has 76 valence electrons. The van der Waals surface area contributed by atoms with Gasteiger partial charge in [0.2, 0.25) is 6.17 Å². The zero-order chi connectivity index (χ0) is 10.2.